The van der Waals surface area contributed by atoms with Crippen LogP contribution in [-0.4, -0.2) is 31.1 Å². The Morgan fingerprint density at radius 2 is 1.86 bits per heavy atom. The number of hydrogen-bond donors (Lipinski definition) is 1. The number of methoxy groups -OCH3 is 1. The Morgan fingerprint density at radius 1 is 1.19 bits per heavy atom. The Bertz CT molecular complexity index is 554. The highest BCUT2D eigenvalue weighted by Gasteiger charge is 2.40. The van der Waals surface area contributed by atoms with Crippen LogP contribution >= 0.6 is 0 Å². The number of carbonyl (C=O) groups is 1. The van der Waals surface area contributed by atoms with Crippen LogP contribution in [0.4, 0.5) is 0 Å². The molecule has 0 spiro atoms. The first-order valence-electron chi connectivity index (χ1n) is 7.32. The molecule has 0 aliphatic carbocycles. The maximum Gasteiger partial charge on any atom is 0.324 e. The highest BCUT2D eigenvalue weighted by molar-refractivity contribution is 6.66. The molecule has 21 heavy (non-hydrogen) atoms. The van der Waals surface area contributed by atoms with Crippen LogP contribution < -0.4 is 10.8 Å². The third kappa shape index (κ3) is 2.99. The lowest BCUT2D eigenvalue weighted by molar-refractivity contribution is -0.116. The Balaban J connectivity index is 2.18. The van der Waals surface area contributed by atoms with Gasteiger partial charge in [0.1, 0.15) is 0 Å². The smallest absolute Gasteiger partial charge is 0.324 e. The second-order valence-corrected chi connectivity index (χ2v) is 6.58. The van der Waals surface area contributed by atoms with Gasteiger partial charge in [0.2, 0.25) is 0 Å². The van der Waals surface area contributed by atoms with Gasteiger partial charge in [0, 0.05) is 19.2 Å². The Labute approximate surface area is 127 Å². The van der Waals surface area contributed by atoms with Gasteiger partial charge in [0.25, 0.3) is 5.91 Å². The van der Waals surface area contributed by atoms with Crippen molar-refractivity contribution in [3.05, 3.63) is 29.3 Å². The lowest BCUT2D eigenvalue weighted by Gasteiger charge is -2.42. The molecule has 1 aliphatic rings. The van der Waals surface area contributed by atoms with Crippen molar-refractivity contribution in [2.24, 2.45) is 0 Å². The summed E-state index contributed by atoms with van der Waals surface area (Å²) in [6, 6.07) is 5.89. The largest absolute Gasteiger partial charge is 0.423 e. The Kier molecular flexibility index (Phi) is 4.18. The van der Waals surface area contributed by atoms with Crippen molar-refractivity contribution in [3.63, 3.8) is 0 Å². The van der Waals surface area contributed by atoms with Gasteiger partial charge in [0.05, 0.1) is 11.2 Å². The van der Waals surface area contributed by atoms with E-state index in [1.807, 2.05) is 52.7 Å². The normalized spacial score (nSPS) is 14.9. The first kappa shape index (κ1) is 16.1. The van der Waals surface area contributed by atoms with E-state index < -0.39 is 11.2 Å². The van der Waals surface area contributed by atoms with E-state index in [-0.39, 0.29) is 12.8 Å². The summed E-state index contributed by atoms with van der Waals surface area (Å²) in [5, 5.41) is 2.83. The van der Waals surface area contributed by atoms with Crippen molar-refractivity contribution >= 4 is 18.3 Å². The van der Waals surface area contributed by atoms with Gasteiger partial charge < -0.3 is 14.7 Å². The molecule has 1 heterocycles. The summed E-state index contributed by atoms with van der Waals surface area (Å²) in [6.45, 7) is 10.7. The summed E-state index contributed by atoms with van der Waals surface area (Å²) in [4.78, 5) is 11.6. The van der Waals surface area contributed by atoms with E-state index in [9.17, 15) is 4.79 Å². The van der Waals surface area contributed by atoms with Gasteiger partial charge in [-0.1, -0.05) is 19.0 Å². The van der Waals surface area contributed by atoms with Gasteiger partial charge in [-0.3, -0.25) is 4.79 Å². The van der Waals surface area contributed by atoms with Gasteiger partial charge in [-0.15, -0.1) is 0 Å². The average molecular weight is 289 g/mol. The highest BCUT2D eigenvalue weighted by Crippen LogP contribution is 2.29. The highest BCUT2D eigenvalue weighted by atomic mass is 16.5. The molecule has 0 saturated carbocycles. The van der Waals surface area contributed by atoms with Gasteiger partial charge in [-0.05, 0) is 44.8 Å². The van der Waals surface area contributed by atoms with Crippen LogP contribution in [0.15, 0.2) is 18.2 Å². The van der Waals surface area contributed by atoms with E-state index in [2.05, 4.69) is 5.32 Å². The fraction of sp³-hybridized carbons (Fsp3) is 0.562. The molecular weight excluding hydrogens is 265 g/mol. The molecule has 0 saturated heterocycles. The molecule has 0 radical (unpaired) electrons. The van der Waals surface area contributed by atoms with Crippen molar-refractivity contribution in [1.82, 2.24) is 5.32 Å². The molecule has 0 atom stereocenters. The molecule has 0 fully saturated rings. The Hall–Kier alpha value is -1.33. The van der Waals surface area contributed by atoms with E-state index in [1.54, 1.807) is 7.11 Å². The number of ether oxygens (including phenoxy) is 1. The van der Waals surface area contributed by atoms with Crippen molar-refractivity contribution in [1.29, 1.82) is 0 Å². The van der Waals surface area contributed by atoms with E-state index >= 15 is 0 Å². The number of rotatable bonds is 5. The lowest BCUT2D eigenvalue weighted by atomic mass is 9.62. The SMILES string of the molecule is COC(C)(C)C(C)(C)OB(C)c1ccc2c(c1)CNC2=O. The molecule has 4 nitrogen and oxygen atoms in total. The van der Waals surface area contributed by atoms with E-state index in [0.29, 0.717) is 6.54 Å². The van der Waals surface area contributed by atoms with Gasteiger partial charge in [-0.2, -0.15) is 0 Å². The van der Waals surface area contributed by atoms with Crippen LogP contribution in [0.2, 0.25) is 6.82 Å². The Morgan fingerprint density at radius 3 is 2.48 bits per heavy atom. The number of carbonyl (C=O) groups excluding carboxylic acids is 1. The topological polar surface area (TPSA) is 47.6 Å². The molecule has 1 aromatic carbocycles. The fourth-order valence-electron chi connectivity index (χ4n) is 2.40. The molecule has 5 heteroatoms. The third-order valence-corrected chi connectivity index (χ3v) is 4.71. The molecule has 0 unspecified atom stereocenters. The number of nitrogens with one attached hydrogen (secondary N) is 1. The van der Waals surface area contributed by atoms with Gasteiger partial charge in [0.15, 0.2) is 0 Å². The summed E-state index contributed by atoms with van der Waals surface area (Å²) in [6.07, 6.45) is 0. The van der Waals surface area contributed by atoms with Gasteiger partial charge in [-0.25, -0.2) is 0 Å². The molecule has 1 amide bonds. The molecule has 1 aromatic rings. The zero-order chi connectivity index (χ0) is 15.8. The average Bonchev–Trinajstić information content (AvgIpc) is 2.79. The summed E-state index contributed by atoms with van der Waals surface area (Å²) in [5.74, 6) is 0.00553. The maximum atomic E-state index is 11.6. The fourth-order valence-corrected chi connectivity index (χ4v) is 2.40. The quantitative estimate of drug-likeness (QED) is 0.843. The second kappa shape index (κ2) is 5.46. The van der Waals surface area contributed by atoms with Crippen LogP contribution in [0.25, 0.3) is 0 Å². The standard InChI is InChI=1S/C16H24BNO3/c1-15(2,20-6)16(3,4)21-17(5)12-7-8-13-11(9-12)10-18-14(13)19/h7-9H,10H2,1-6H3,(H,18,19). The molecule has 0 bridgehead atoms. The molecule has 114 valence electrons. The predicted octanol–water partition coefficient (Wildman–Crippen LogP) is 1.98. The minimum Gasteiger partial charge on any atom is -0.423 e. The summed E-state index contributed by atoms with van der Waals surface area (Å²) in [7, 11) is 1.70. The van der Waals surface area contributed by atoms with Crippen LogP contribution in [0.3, 0.4) is 0 Å². The van der Waals surface area contributed by atoms with Gasteiger partial charge >= 0.3 is 6.92 Å². The van der Waals surface area contributed by atoms with Crippen LogP contribution in [0.1, 0.15) is 43.6 Å². The van der Waals surface area contributed by atoms with Crippen molar-refractivity contribution in [2.75, 3.05) is 7.11 Å². The van der Waals surface area contributed by atoms with Crippen molar-refractivity contribution in [3.8, 4) is 0 Å². The summed E-state index contributed by atoms with van der Waals surface area (Å²) in [5.41, 5.74) is 2.05. The molecular formula is C16H24BNO3. The molecule has 1 aliphatic heterocycles. The van der Waals surface area contributed by atoms with E-state index in [4.69, 9.17) is 9.39 Å². The van der Waals surface area contributed by atoms with Crippen molar-refractivity contribution < 1.29 is 14.2 Å². The maximum absolute atomic E-state index is 11.6. The van der Waals surface area contributed by atoms with E-state index in [1.165, 1.54) is 0 Å². The van der Waals surface area contributed by atoms with Crippen LogP contribution in [0, 0.1) is 0 Å². The number of benzene rings is 1. The summed E-state index contributed by atoms with van der Waals surface area (Å²) < 4.78 is 11.8. The monoisotopic (exact) mass is 289 g/mol. The molecule has 0 aromatic heterocycles. The van der Waals surface area contributed by atoms with Crippen molar-refractivity contribution in [2.45, 2.75) is 52.3 Å². The number of fused-ring (bicyclic) bond motifs is 1. The van der Waals surface area contributed by atoms with Crippen LogP contribution in [-0.2, 0) is 15.9 Å². The summed E-state index contributed by atoms with van der Waals surface area (Å²) >= 11 is 0. The first-order valence-corrected chi connectivity index (χ1v) is 7.32. The molecule has 1 N–H and O–H groups in total. The molecule has 2 rings (SSSR count). The number of hydrogen-bond acceptors (Lipinski definition) is 3. The lowest BCUT2D eigenvalue weighted by Crippen LogP contribution is -2.53. The second-order valence-electron chi connectivity index (χ2n) is 6.58. The minimum atomic E-state index is -0.436. The van der Waals surface area contributed by atoms with Crippen LogP contribution in [0.5, 0.6) is 0 Å². The first-order chi connectivity index (χ1) is 9.68. The predicted molar refractivity (Wildman–Crippen MR) is 85.1 cm³/mol. The minimum absolute atomic E-state index is 0.00553. The zero-order valence-corrected chi connectivity index (χ0v) is 13.7. The van der Waals surface area contributed by atoms with E-state index in [0.717, 1.165) is 16.6 Å². The zero-order valence-electron chi connectivity index (χ0n) is 13.7. The number of amides is 1. The third-order valence-electron chi connectivity index (χ3n) is 4.71.